The summed E-state index contributed by atoms with van der Waals surface area (Å²) in [5.41, 5.74) is 6.72. The van der Waals surface area contributed by atoms with Gasteiger partial charge in [0.15, 0.2) is 11.5 Å². The van der Waals surface area contributed by atoms with Gasteiger partial charge in [0.25, 0.3) is 5.91 Å². The van der Waals surface area contributed by atoms with Gasteiger partial charge >= 0.3 is 0 Å². The topological polar surface area (TPSA) is 78.1 Å². The molecule has 1 aromatic heterocycles. The number of ether oxygens (including phenoxy) is 2. The zero-order valence-electron chi connectivity index (χ0n) is 22.2. The number of aromatic amines is 1. The molecular weight excluding hydrogens is 468 g/mol. The first-order valence-electron chi connectivity index (χ1n) is 13.7. The fraction of sp³-hybridized carbons (Fsp3) is 0.586. The van der Waals surface area contributed by atoms with Crippen LogP contribution in [0.2, 0.25) is 0 Å². The van der Waals surface area contributed by atoms with Gasteiger partial charge in [-0.2, -0.15) is 0 Å². The highest BCUT2D eigenvalue weighted by Crippen LogP contribution is 2.67. The summed E-state index contributed by atoms with van der Waals surface area (Å²) in [5, 5.41) is 0. The average Bonchev–Trinajstić information content (AvgIpc) is 3.44. The van der Waals surface area contributed by atoms with Crippen LogP contribution in [0.25, 0.3) is 0 Å². The highest BCUT2D eigenvalue weighted by Gasteiger charge is 2.65. The lowest BCUT2D eigenvalue weighted by Crippen LogP contribution is -2.62. The van der Waals surface area contributed by atoms with Crippen molar-refractivity contribution in [2.45, 2.75) is 57.1 Å². The number of carbonyl (C=O) groups excluding carboxylic acids is 2. The van der Waals surface area contributed by atoms with E-state index in [-0.39, 0.29) is 23.3 Å². The first-order chi connectivity index (χ1) is 17.9. The van der Waals surface area contributed by atoms with Gasteiger partial charge in [-0.3, -0.25) is 9.59 Å². The molecule has 8 heteroatoms. The number of methoxy groups -OCH3 is 1. The van der Waals surface area contributed by atoms with E-state index in [1.54, 1.807) is 7.11 Å². The summed E-state index contributed by atoms with van der Waals surface area (Å²) in [7, 11) is 3.98. The van der Waals surface area contributed by atoms with Crippen molar-refractivity contribution in [3.05, 3.63) is 45.8 Å². The third-order valence-electron chi connectivity index (χ3n) is 10.1. The van der Waals surface area contributed by atoms with Gasteiger partial charge in [0, 0.05) is 49.6 Å². The van der Waals surface area contributed by atoms with Crippen LogP contribution in [0, 0.1) is 12.8 Å². The fourth-order valence-corrected chi connectivity index (χ4v) is 8.19. The minimum atomic E-state index is -0.137. The molecule has 5 aliphatic rings. The van der Waals surface area contributed by atoms with Crippen LogP contribution in [-0.4, -0.2) is 84.4 Å². The molecule has 2 saturated heterocycles. The van der Waals surface area contributed by atoms with Gasteiger partial charge in [-0.1, -0.05) is 13.0 Å². The van der Waals surface area contributed by atoms with Crippen LogP contribution in [-0.2, 0) is 23.1 Å². The molecule has 4 heterocycles. The number of carbonyl (C=O) groups is 2. The Labute approximate surface area is 217 Å². The van der Waals surface area contributed by atoms with Crippen molar-refractivity contribution < 1.29 is 19.1 Å². The average molecular weight is 505 g/mol. The molecule has 1 spiro atoms. The number of likely N-dealkylation sites (tertiary alicyclic amines) is 1. The molecule has 2 bridgehead atoms. The van der Waals surface area contributed by atoms with Crippen LogP contribution in [0.3, 0.4) is 0 Å². The Morgan fingerprint density at radius 2 is 1.89 bits per heavy atom. The number of aromatic nitrogens is 1. The normalized spacial score (nSPS) is 29.5. The van der Waals surface area contributed by atoms with Gasteiger partial charge in [0.05, 0.1) is 12.8 Å². The molecule has 2 aromatic rings. The Balaban J connectivity index is 1.28. The number of benzene rings is 1. The lowest BCUT2D eigenvalue weighted by Gasteiger charge is -2.57. The Kier molecular flexibility index (Phi) is 5.00. The summed E-state index contributed by atoms with van der Waals surface area (Å²) < 4.78 is 12.6. The number of hydrogen-bond acceptors (Lipinski definition) is 5. The van der Waals surface area contributed by atoms with Crippen molar-refractivity contribution in [1.29, 1.82) is 0 Å². The molecule has 2 aliphatic carbocycles. The molecule has 3 aliphatic heterocycles. The molecule has 0 saturated carbocycles. The van der Waals surface area contributed by atoms with Gasteiger partial charge in [-0.05, 0) is 68.5 Å². The maximum absolute atomic E-state index is 13.8. The standard InChI is InChI=1S/C29H36N4O4/c1-5-22(34)32-10-12-33(13-11-32)28(35)24-16(2)18-15-19-20-14-17-6-7-21(36-4)26-23(17)29(19,8-9-31(20)3)27(37-26)25(18)30-24/h6-7,19-20,27,30H,5,8-15H2,1-4H3/t19?,20-,27+,29+/m1/s1. The Hall–Kier alpha value is -3.00. The number of piperidine rings is 1. The summed E-state index contributed by atoms with van der Waals surface area (Å²) in [6.45, 7) is 7.35. The van der Waals surface area contributed by atoms with E-state index in [1.807, 2.05) is 16.7 Å². The summed E-state index contributed by atoms with van der Waals surface area (Å²) in [6, 6.07) is 4.75. The van der Waals surface area contributed by atoms with Crippen molar-refractivity contribution in [1.82, 2.24) is 19.7 Å². The number of nitrogens with one attached hydrogen (secondary N) is 1. The van der Waals surface area contributed by atoms with E-state index in [9.17, 15) is 9.59 Å². The van der Waals surface area contributed by atoms with Crippen LogP contribution in [0.15, 0.2) is 12.1 Å². The first kappa shape index (κ1) is 23.1. The maximum atomic E-state index is 13.8. The second-order valence-corrected chi connectivity index (χ2v) is 11.5. The third-order valence-corrected chi connectivity index (χ3v) is 10.1. The molecule has 0 radical (unpaired) electrons. The third kappa shape index (κ3) is 2.93. The minimum absolute atomic E-state index is 0.0323. The molecule has 2 amide bonds. The number of amides is 2. The fourth-order valence-electron chi connectivity index (χ4n) is 8.19. The Morgan fingerprint density at radius 1 is 1.14 bits per heavy atom. The number of rotatable bonds is 3. The zero-order valence-corrected chi connectivity index (χ0v) is 22.2. The monoisotopic (exact) mass is 504 g/mol. The quantitative estimate of drug-likeness (QED) is 0.696. The zero-order chi connectivity index (χ0) is 25.6. The highest BCUT2D eigenvalue weighted by molar-refractivity contribution is 5.95. The van der Waals surface area contributed by atoms with Crippen molar-refractivity contribution in [2.24, 2.45) is 5.92 Å². The number of likely N-dealkylation sites (N-methyl/N-ethyl adjacent to an activating group) is 1. The van der Waals surface area contributed by atoms with Gasteiger partial charge in [-0.15, -0.1) is 0 Å². The lowest BCUT2D eigenvalue weighted by molar-refractivity contribution is -0.132. The summed E-state index contributed by atoms with van der Waals surface area (Å²) >= 11 is 0. The molecule has 4 atom stereocenters. The molecule has 7 rings (SSSR count). The number of H-pyrrole nitrogens is 1. The van der Waals surface area contributed by atoms with E-state index in [2.05, 4.69) is 36.0 Å². The first-order valence-corrected chi connectivity index (χ1v) is 13.7. The van der Waals surface area contributed by atoms with E-state index in [0.717, 1.165) is 48.6 Å². The van der Waals surface area contributed by atoms with Gasteiger partial charge < -0.3 is 29.2 Å². The molecule has 196 valence electrons. The molecule has 1 N–H and O–H groups in total. The lowest BCUT2D eigenvalue weighted by atomic mass is 9.51. The Morgan fingerprint density at radius 3 is 2.62 bits per heavy atom. The van der Waals surface area contributed by atoms with E-state index < -0.39 is 0 Å². The van der Waals surface area contributed by atoms with E-state index in [1.165, 1.54) is 16.7 Å². The summed E-state index contributed by atoms with van der Waals surface area (Å²) in [4.78, 5) is 35.8. The van der Waals surface area contributed by atoms with Crippen molar-refractivity contribution in [3.63, 3.8) is 0 Å². The summed E-state index contributed by atoms with van der Waals surface area (Å²) in [5.74, 6) is 2.33. The van der Waals surface area contributed by atoms with Crippen LogP contribution in [0.1, 0.15) is 64.3 Å². The highest BCUT2D eigenvalue weighted by atomic mass is 16.5. The number of hydrogen-bond donors (Lipinski definition) is 1. The van der Waals surface area contributed by atoms with Gasteiger partial charge in [-0.25, -0.2) is 0 Å². The van der Waals surface area contributed by atoms with Gasteiger partial charge in [0.1, 0.15) is 11.8 Å². The van der Waals surface area contributed by atoms with E-state index in [0.29, 0.717) is 50.3 Å². The number of piperazine rings is 1. The second-order valence-electron chi connectivity index (χ2n) is 11.5. The largest absolute Gasteiger partial charge is 0.493 e. The van der Waals surface area contributed by atoms with Crippen LogP contribution in [0.4, 0.5) is 0 Å². The number of fused-ring (bicyclic) bond motifs is 2. The SMILES string of the molecule is CCC(=O)N1CCN(C(=O)c2[nH]c3c(c2C)CC2[C@H]4Cc5ccc(OC)c6c5[C@@]2(CCN4C)[C@H]3O6)CC1. The predicted octanol–water partition coefficient (Wildman–Crippen LogP) is 2.83. The van der Waals surface area contributed by atoms with E-state index in [4.69, 9.17) is 9.47 Å². The van der Waals surface area contributed by atoms with Crippen molar-refractivity contribution in [2.75, 3.05) is 46.9 Å². The minimum Gasteiger partial charge on any atom is -0.493 e. The smallest absolute Gasteiger partial charge is 0.270 e. The van der Waals surface area contributed by atoms with Crippen molar-refractivity contribution >= 4 is 11.8 Å². The molecule has 1 unspecified atom stereocenters. The molecular formula is C29H36N4O4. The predicted molar refractivity (Wildman–Crippen MR) is 138 cm³/mol. The van der Waals surface area contributed by atoms with E-state index >= 15 is 0 Å². The van der Waals surface area contributed by atoms with Crippen LogP contribution in [0.5, 0.6) is 11.5 Å². The molecule has 37 heavy (non-hydrogen) atoms. The molecule has 1 aromatic carbocycles. The maximum Gasteiger partial charge on any atom is 0.270 e. The van der Waals surface area contributed by atoms with Gasteiger partial charge in [0.2, 0.25) is 5.91 Å². The van der Waals surface area contributed by atoms with Crippen molar-refractivity contribution in [3.8, 4) is 11.5 Å². The second kappa shape index (κ2) is 8.00. The van der Waals surface area contributed by atoms with Crippen LogP contribution >= 0.6 is 0 Å². The molecule has 2 fully saturated rings. The number of nitrogens with zero attached hydrogens (tertiary/aromatic N) is 3. The molecule has 8 nitrogen and oxygen atoms in total. The summed E-state index contributed by atoms with van der Waals surface area (Å²) in [6.07, 6.45) is 3.38. The van der Waals surface area contributed by atoms with Crippen LogP contribution < -0.4 is 9.47 Å². The Bertz CT molecular complexity index is 1310.